The summed E-state index contributed by atoms with van der Waals surface area (Å²) in [4.78, 5) is 4.01. The quantitative estimate of drug-likeness (QED) is 0.822. The summed E-state index contributed by atoms with van der Waals surface area (Å²) in [5, 5.41) is 0. The number of aromatic nitrogens is 1. The van der Waals surface area contributed by atoms with Gasteiger partial charge < -0.3 is 10.2 Å². The number of nitrogens with two attached hydrogens (primary N) is 1. The van der Waals surface area contributed by atoms with Gasteiger partial charge >= 0.3 is 0 Å². The molecule has 1 unspecified atom stereocenters. The zero-order chi connectivity index (χ0) is 12.3. The minimum atomic E-state index is -0.737. The highest BCUT2D eigenvalue weighted by molar-refractivity contribution is 6.48. The summed E-state index contributed by atoms with van der Waals surface area (Å²) in [6.45, 7) is 10.8. The van der Waals surface area contributed by atoms with E-state index in [0.29, 0.717) is 5.82 Å². The summed E-state index contributed by atoms with van der Waals surface area (Å²) < 4.78 is 6.07. The van der Waals surface area contributed by atoms with E-state index in [9.17, 15) is 0 Å². The summed E-state index contributed by atoms with van der Waals surface area (Å²) in [6, 6.07) is 3.89. The van der Waals surface area contributed by atoms with Crippen LogP contribution in [0.5, 0.6) is 0 Å². The second-order valence-electron chi connectivity index (χ2n) is 5.29. The van der Waals surface area contributed by atoms with Crippen LogP contribution in [0.2, 0.25) is 13.1 Å². The van der Waals surface area contributed by atoms with Gasteiger partial charge in [0.1, 0.15) is 5.82 Å². The van der Waals surface area contributed by atoms with Crippen LogP contribution in [0.25, 0.3) is 0 Å². The third-order valence-electron chi connectivity index (χ3n) is 2.25. The number of nitrogens with zero attached hydrogens (tertiary/aromatic N) is 1. The standard InChI is InChI=1S/C12H21N2OSi/c1-12(2,3)11(15-16(4)5)9-6-7-14-10(13)8-9/h6-8,11H,1-5H3,(H2,13,14). The van der Waals surface area contributed by atoms with Crippen molar-refractivity contribution in [2.75, 3.05) is 5.73 Å². The third kappa shape index (κ3) is 3.61. The van der Waals surface area contributed by atoms with Gasteiger partial charge in [0.05, 0.1) is 6.10 Å². The average molecular weight is 237 g/mol. The Morgan fingerprint density at radius 2 is 2.00 bits per heavy atom. The number of rotatable bonds is 3. The molecule has 1 atom stereocenters. The normalized spacial score (nSPS) is 14.1. The molecule has 1 rings (SSSR count). The van der Waals surface area contributed by atoms with Crippen LogP contribution in [0.3, 0.4) is 0 Å². The van der Waals surface area contributed by atoms with E-state index in [0.717, 1.165) is 5.56 Å². The molecule has 0 aromatic carbocycles. The molecule has 2 N–H and O–H groups in total. The highest BCUT2D eigenvalue weighted by atomic mass is 28.3. The van der Waals surface area contributed by atoms with Crippen molar-refractivity contribution in [3.05, 3.63) is 23.9 Å². The van der Waals surface area contributed by atoms with Crippen molar-refractivity contribution in [3.63, 3.8) is 0 Å². The fourth-order valence-corrected chi connectivity index (χ4v) is 2.57. The van der Waals surface area contributed by atoms with Crippen LogP contribution in [-0.4, -0.2) is 14.0 Å². The molecule has 0 saturated carbocycles. The lowest BCUT2D eigenvalue weighted by molar-refractivity contribution is 0.0866. The number of hydrogen-bond acceptors (Lipinski definition) is 3. The second-order valence-corrected chi connectivity index (χ2v) is 7.34. The van der Waals surface area contributed by atoms with E-state index >= 15 is 0 Å². The molecular formula is C12H21N2OSi. The second kappa shape index (κ2) is 4.97. The molecule has 4 heteroatoms. The minimum absolute atomic E-state index is 0.0652. The maximum absolute atomic E-state index is 6.07. The topological polar surface area (TPSA) is 48.1 Å². The van der Waals surface area contributed by atoms with Gasteiger partial charge in [-0.15, -0.1) is 0 Å². The average Bonchev–Trinajstić information content (AvgIpc) is 2.12. The number of anilines is 1. The monoisotopic (exact) mass is 237 g/mol. The van der Waals surface area contributed by atoms with Gasteiger partial charge in [-0.2, -0.15) is 0 Å². The fraction of sp³-hybridized carbons (Fsp3) is 0.583. The predicted molar refractivity (Wildman–Crippen MR) is 69.4 cm³/mol. The first-order chi connectivity index (χ1) is 7.30. The molecule has 0 amide bonds. The van der Waals surface area contributed by atoms with E-state index in [1.54, 1.807) is 6.20 Å². The van der Waals surface area contributed by atoms with Crippen LogP contribution >= 0.6 is 0 Å². The van der Waals surface area contributed by atoms with Gasteiger partial charge in [-0.1, -0.05) is 20.8 Å². The van der Waals surface area contributed by atoms with Crippen molar-refractivity contribution >= 4 is 14.9 Å². The molecule has 1 aromatic heterocycles. The maximum atomic E-state index is 6.07. The Hall–Kier alpha value is -0.873. The van der Waals surface area contributed by atoms with Crippen molar-refractivity contribution in [2.45, 2.75) is 40.0 Å². The van der Waals surface area contributed by atoms with E-state index in [1.165, 1.54) is 0 Å². The van der Waals surface area contributed by atoms with Gasteiger partial charge in [0.25, 0.3) is 0 Å². The molecule has 16 heavy (non-hydrogen) atoms. The lowest BCUT2D eigenvalue weighted by atomic mass is 9.85. The Kier molecular flexibility index (Phi) is 4.10. The van der Waals surface area contributed by atoms with E-state index in [1.807, 2.05) is 12.1 Å². The summed E-state index contributed by atoms with van der Waals surface area (Å²) >= 11 is 0. The Balaban J connectivity index is 3.01. The molecule has 89 valence electrons. The summed E-state index contributed by atoms with van der Waals surface area (Å²) in [7, 11) is -0.737. The summed E-state index contributed by atoms with van der Waals surface area (Å²) in [5.41, 5.74) is 6.89. The van der Waals surface area contributed by atoms with Crippen molar-refractivity contribution in [1.82, 2.24) is 4.98 Å². The molecule has 1 radical (unpaired) electrons. The van der Waals surface area contributed by atoms with Gasteiger partial charge in [0.15, 0.2) is 0 Å². The largest absolute Gasteiger partial charge is 0.410 e. The van der Waals surface area contributed by atoms with E-state index < -0.39 is 9.04 Å². The predicted octanol–water partition coefficient (Wildman–Crippen LogP) is 3.02. The van der Waals surface area contributed by atoms with E-state index in [2.05, 4.69) is 38.8 Å². The third-order valence-corrected chi connectivity index (χ3v) is 2.96. The van der Waals surface area contributed by atoms with Crippen molar-refractivity contribution in [3.8, 4) is 0 Å². The van der Waals surface area contributed by atoms with Gasteiger partial charge in [0, 0.05) is 6.20 Å². The van der Waals surface area contributed by atoms with Crippen LogP contribution in [0.1, 0.15) is 32.4 Å². The summed E-state index contributed by atoms with van der Waals surface area (Å²) in [5.74, 6) is 0.552. The molecule has 0 spiro atoms. The highest BCUT2D eigenvalue weighted by Gasteiger charge is 2.28. The van der Waals surface area contributed by atoms with E-state index in [4.69, 9.17) is 10.2 Å². The van der Waals surface area contributed by atoms with Crippen molar-refractivity contribution in [2.24, 2.45) is 5.41 Å². The van der Waals surface area contributed by atoms with E-state index in [-0.39, 0.29) is 11.5 Å². The zero-order valence-electron chi connectivity index (χ0n) is 10.7. The Morgan fingerprint density at radius 1 is 1.38 bits per heavy atom. The summed E-state index contributed by atoms with van der Waals surface area (Å²) in [6.07, 6.45) is 1.83. The first-order valence-electron chi connectivity index (χ1n) is 5.49. The SMILES string of the molecule is C[Si](C)OC(c1ccnc(N)c1)C(C)(C)C. The van der Waals surface area contributed by atoms with Crippen molar-refractivity contribution in [1.29, 1.82) is 0 Å². The maximum Gasteiger partial charge on any atom is 0.205 e. The van der Waals surface area contributed by atoms with Crippen LogP contribution in [0.4, 0.5) is 5.82 Å². The smallest absolute Gasteiger partial charge is 0.205 e. The molecule has 0 bridgehead atoms. The van der Waals surface area contributed by atoms with Crippen LogP contribution in [0.15, 0.2) is 18.3 Å². The molecule has 3 nitrogen and oxygen atoms in total. The van der Waals surface area contributed by atoms with Gasteiger partial charge in [-0.3, -0.25) is 0 Å². The first-order valence-corrected chi connectivity index (χ1v) is 7.90. The Bertz CT molecular complexity index is 347. The number of hydrogen-bond donors (Lipinski definition) is 1. The molecule has 0 aliphatic carbocycles. The van der Waals surface area contributed by atoms with Crippen molar-refractivity contribution < 1.29 is 4.43 Å². The number of pyridine rings is 1. The Labute approximate surface area is 99.8 Å². The molecule has 1 heterocycles. The molecule has 0 aliphatic rings. The number of nitrogen functional groups attached to an aromatic ring is 1. The van der Waals surface area contributed by atoms with Crippen LogP contribution in [-0.2, 0) is 4.43 Å². The minimum Gasteiger partial charge on any atom is -0.410 e. The lowest BCUT2D eigenvalue weighted by Gasteiger charge is -2.32. The van der Waals surface area contributed by atoms with Crippen LogP contribution in [0, 0.1) is 5.41 Å². The molecular weight excluding hydrogens is 216 g/mol. The van der Waals surface area contributed by atoms with Crippen LogP contribution < -0.4 is 5.73 Å². The fourth-order valence-electron chi connectivity index (χ4n) is 1.61. The molecule has 0 aliphatic heterocycles. The Morgan fingerprint density at radius 3 is 2.44 bits per heavy atom. The zero-order valence-corrected chi connectivity index (χ0v) is 11.7. The molecule has 1 aromatic rings. The lowest BCUT2D eigenvalue weighted by Crippen LogP contribution is -2.26. The molecule has 0 saturated heterocycles. The molecule has 0 fully saturated rings. The van der Waals surface area contributed by atoms with Gasteiger partial charge in [-0.25, -0.2) is 4.98 Å². The first kappa shape index (κ1) is 13.2. The van der Waals surface area contributed by atoms with Gasteiger partial charge in [0.2, 0.25) is 9.04 Å². The highest BCUT2D eigenvalue weighted by Crippen LogP contribution is 2.36. The van der Waals surface area contributed by atoms with Gasteiger partial charge in [-0.05, 0) is 36.2 Å².